The molecular weight excluding hydrogens is 318 g/mol. The highest BCUT2D eigenvalue weighted by Gasteiger charge is 2.13. The first-order valence-corrected chi connectivity index (χ1v) is 9.77. The van der Waals surface area contributed by atoms with E-state index in [-0.39, 0.29) is 0 Å². The van der Waals surface area contributed by atoms with Gasteiger partial charge in [-0.25, -0.2) is 0 Å². The lowest BCUT2D eigenvalue weighted by Gasteiger charge is -2.12. The summed E-state index contributed by atoms with van der Waals surface area (Å²) in [6.45, 7) is 4.55. The molecule has 0 saturated carbocycles. The lowest BCUT2D eigenvalue weighted by Crippen LogP contribution is -2.19. The summed E-state index contributed by atoms with van der Waals surface area (Å²) in [5.74, 6) is 0. The highest BCUT2D eigenvalue weighted by Crippen LogP contribution is 2.12. The summed E-state index contributed by atoms with van der Waals surface area (Å²) in [5.41, 5.74) is 9.87. The fraction of sp³-hybridized carbons (Fsp3) is 0.391. The summed E-state index contributed by atoms with van der Waals surface area (Å²) in [4.78, 5) is 9.91. The van der Waals surface area contributed by atoms with Gasteiger partial charge < -0.3 is 5.73 Å². The van der Waals surface area contributed by atoms with Crippen LogP contribution >= 0.6 is 0 Å². The molecule has 0 spiro atoms. The van der Waals surface area contributed by atoms with E-state index in [0.717, 1.165) is 54.9 Å². The molecular formula is C23H31N3. The van der Waals surface area contributed by atoms with Crippen molar-refractivity contribution in [2.45, 2.75) is 39.0 Å². The number of hydrogen-bond acceptors (Lipinski definition) is 3. The quantitative estimate of drug-likeness (QED) is 0.455. The fourth-order valence-electron chi connectivity index (χ4n) is 2.80. The van der Waals surface area contributed by atoms with E-state index >= 15 is 0 Å². The first-order chi connectivity index (χ1) is 12.9. The van der Waals surface area contributed by atoms with Gasteiger partial charge in [0.25, 0.3) is 0 Å². The maximum absolute atomic E-state index is 5.63. The normalized spacial score (nSPS) is 12.4. The standard InChI is InChI=1S/C23H31N3/c1-2-3-11-18-25-22(20-13-6-4-7-14-20)23(26-19-12-10-17-24)21-15-8-5-9-16-21/h4-9,13-16H,2-3,10-12,17-19,24H2,1H3. The monoisotopic (exact) mass is 349 g/mol. The lowest BCUT2D eigenvalue weighted by atomic mass is 9.99. The number of nitrogens with zero attached hydrogens (tertiary/aromatic N) is 2. The molecule has 2 aromatic carbocycles. The lowest BCUT2D eigenvalue weighted by molar-refractivity contribution is 0.728. The average Bonchev–Trinajstić information content (AvgIpc) is 2.70. The Bertz CT molecular complexity index is 614. The molecule has 2 aromatic rings. The summed E-state index contributed by atoms with van der Waals surface area (Å²) < 4.78 is 0. The molecule has 138 valence electrons. The molecule has 0 aliphatic heterocycles. The van der Waals surface area contributed by atoms with Crippen LogP contribution in [0.15, 0.2) is 70.6 Å². The topological polar surface area (TPSA) is 50.7 Å². The van der Waals surface area contributed by atoms with Crippen LogP contribution in [0.5, 0.6) is 0 Å². The van der Waals surface area contributed by atoms with Crippen molar-refractivity contribution in [1.82, 2.24) is 0 Å². The molecule has 0 unspecified atom stereocenters. The molecule has 0 amide bonds. The summed E-state index contributed by atoms with van der Waals surface area (Å²) in [6, 6.07) is 20.8. The van der Waals surface area contributed by atoms with Crippen LogP contribution in [-0.2, 0) is 0 Å². The zero-order chi connectivity index (χ0) is 18.5. The maximum atomic E-state index is 5.63. The Kier molecular flexibility index (Phi) is 9.37. The molecule has 2 N–H and O–H groups in total. The van der Waals surface area contributed by atoms with Crippen LogP contribution in [0.3, 0.4) is 0 Å². The minimum Gasteiger partial charge on any atom is -0.330 e. The SMILES string of the molecule is CCCCCN=C(C(=NCCCCN)c1ccccc1)c1ccccc1. The second kappa shape index (κ2) is 12.2. The molecule has 0 radical (unpaired) electrons. The Hall–Kier alpha value is -2.26. The minimum absolute atomic E-state index is 0.715. The largest absolute Gasteiger partial charge is 0.330 e. The molecule has 3 nitrogen and oxygen atoms in total. The van der Waals surface area contributed by atoms with Gasteiger partial charge in [-0.05, 0) is 25.8 Å². The van der Waals surface area contributed by atoms with E-state index in [1.54, 1.807) is 0 Å². The molecule has 3 heteroatoms. The van der Waals surface area contributed by atoms with Crippen LogP contribution < -0.4 is 5.73 Å². The molecule has 0 saturated heterocycles. The summed E-state index contributed by atoms with van der Waals surface area (Å²) in [7, 11) is 0. The highest BCUT2D eigenvalue weighted by molar-refractivity contribution is 6.53. The van der Waals surface area contributed by atoms with E-state index in [4.69, 9.17) is 15.7 Å². The van der Waals surface area contributed by atoms with E-state index in [2.05, 4.69) is 55.5 Å². The third-order valence-corrected chi connectivity index (χ3v) is 4.23. The minimum atomic E-state index is 0.715. The zero-order valence-corrected chi connectivity index (χ0v) is 15.9. The zero-order valence-electron chi connectivity index (χ0n) is 15.9. The van der Waals surface area contributed by atoms with Crippen molar-refractivity contribution >= 4 is 11.4 Å². The smallest absolute Gasteiger partial charge is 0.0904 e. The van der Waals surface area contributed by atoms with Crippen LogP contribution in [0.25, 0.3) is 0 Å². The highest BCUT2D eigenvalue weighted by atomic mass is 14.8. The Morgan fingerprint density at radius 2 is 1.15 bits per heavy atom. The predicted octanol–water partition coefficient (Wildman–Crippen LogP) is 4.89. The van der Waals surface area contributed by atoms with Crippen molar-refractivity contribution in [3.63, 3.8) is 0 Å². The molecule has 26 heavy (non-hydrogen) atoms. The summed E-state index contributed by atoms with van der Waals surface area (Å²) >= 11 is 0. The number of nitrogens with two attached hydrogens (primary N) is 1. The first kappa shape index (κ1) is 20.1. The Morgan fingerprint density at radius 3 is 1.58 bits per heavy atom. The van der Waals surface area contributed by atoms with Gasteiger partial charge in [0, 0.05) is 24.2 Å². The van der Waals surface area contributed by atoms with Gasteiger partial charge in [0.15, 0.2) is 0 Å². The van der Waals surface area contributed by atoms with Gasteiger partial charge in [-0.1, -0.05) is 80.4 Å². The second-order valence-electron chi connectivity index (χ2n) is 6.40. The van der Waals surface area contributed by atoms with Crippen molar-refractivity contribution in [1.29, 1.82) is 0 Å². The maximum Gasteiger partial charge on any atom is 0.0904 e. The van der Waals surface area contributed by atoms with Gasteiger partial charge in [-0.3, -0.25) is 9.98 Å². The van der Waals surface area contributed by atoms with E-state index in [0.29, 0.717) is 6.54 Å². The van der Waals surface area contributed by atoms with Crippen molar-refractivity contribution in [3.8, 4) is 0 Å². The molecule has 0 fully saturated rings. The van der Waals surface area contributed by atoms with Gasteiger partial charge in [-0.15, -0.1) is 0 Å². The fourth-order valence-corrected chi connectivity index (χ4v) is 2.80. The summed E-state index contributed by atoms with van der Waals surface area (Å²) in [5, 5.41) is 0. The molecule has 0 aliphatic rings. The number of unbranched alkanes of at least 4 members (excludes halogenated alkanes) is 3. The van der Waals surface area contributed by atoms with Crippen LogP contribution in [-0.4, -0.2) is 31.1 Å². The van der Waals surface area contributed by atoms with Gasteiger partial charge in [0.2, 0.25) is 0 Å². The van der Waals surface area contributed by atoms with Gasteiger partial charge >= 0.3 is 0 Å². The molecule has 0 aromatic heterocycles. The second-order valence-corrected chi connectivity index (χ2v) is 6.40. The number of hydrogen-bond donors (Lipinski definition) is 1. The van der Waals surface area contributed by atoms with E-state index in [1.807, 2.05) is 12.1 Å². The van der Waals surface area contributed by atoms with Crippen molar-refractivity contribution in [2.75, 3.05) is 19.6 Å². The number of aliphatic imine (C=N–C) groups is 2. The first-order valence-electron chi connectivity index (χ1n) is 9.77. The Labute approximate surface area is 158 Å². The third kappa shape index (κ3) is 6.57. The molecule has 0 bridgehead atoms. The van der Waals surface area contributed by atoms with Crippen molar-refractivity contribution < 1.29 is 0 Å². The van der Waals surface area contributed by atoms with Crippen molar-refractivity contribution in [2.24, 2.45) is 15.7 Å². The predicted molar refractivity (Wildman–Crippen MR) is 114 cm³/mol. The van der Waals surface area contributed by atoms with Gasteiger partial charge in [0.1, 0.15) is 0 Å². The van der Waals surface area contributed by atoms with E-state index in [1.165, 1.54) is 12.8 Å². The molecule has 2 rings (SSSR count). The molecule has 0 atom stereocenters. The third-order valence-electron chi connectivity index (χ3n) is 4.23. The Morgan fingerprint density at radius 1 is 0.692 bits per heavy atom. The van der Waals surface area contributed by atoms with Crippen LogP contribution in [0, 0.1) is 0 Å². The van der Waals surface area contributed by atoms with Crippen LogP contribution in [0.2, 0.25) is 0 Å². The number of rotatable bonds is 11. The van der Waals surface area contributed by atoms with Gasteiger partial charge in [0.05, 0.1) is 11.4 Å². The molecule has 0 heterocycles. The van der Waals surface area contributed by atoms with Crippen molar-refractivity contribution in [3.05, 3.63) is 71.8 Å². The van der Waals surface area contributed by atoms with E-state index < -0.39 is 0 Å². The summed E-state index contributed by atoms with van der Waals surface area (Å²) in [6.07, 6.45) is 5.53. The van der Waals surface area contributed by atoms with Crippen LogP contribution in [0.4, 0.5) is 0 Å². The van der Waals surface area contributed by atoms with Gasteiger partial charge in [-0.2, -0.15) is 0 Å². The van der Waals surface area contributed by atoms with E-state index in [9.17, 15) is 0 Å². The Balaban J connectivity index is 2.36. The average molecular weight is 350 g/mol. The van der Waals surface area contributed by atoms with Crippen LogP contribution in [0.1, 0.15) is 50.2 Å². The number of benzene rings is 2. The molecule has 0 aliphatic carbocycles.